The molecule has 0 atom stereocenters. The van der Waals surface area contributed by atoms with Crippen LogP contribution in [-0.4, -0.2) is 5.78 Å². The fraction of sp³-hybridized carbons (Fsp3) is 0.333. The van der Waals surface area contributed by atoms with E-state index < -0.39 is 5.41 Å². The van der Waals surface area contributed by atoms with Gasteiger partial charge in [0.1, 0.15) is 5.41 Å². The summed E-state index contributed by atoms with van der Waals surface area (Å²) >= 11 is 11.7. The minimum Gasteiger partial charge on any atom is -0.292 e. The van der Waals surface area contributed by atoms with Gasteiger partial charge in [0.05, 0.1) is 11.1 Å². The number of benzene rings is 1. The number of hydrogen-bond acceptors (Lipinski definition) is 2. The second-order valence-corrected chi connectivity index (χ2v) is 4.84. The van der Waals surface area contributed by atoms with Gasteiger partial charge in [0.25, 0.3) is 0 Å². The van der Waals surface area contributed by atoms with Crippen LogP contribution in [-0.2, 0) is 0 Å². The number of halogens is 2. The van der Waals surface area contributed by atoms with Crippen LogP contribution >= 0.6 is 23.2 Å². The molecule has 1 aliphatic carbocycles. The Kier molecular flexibility index (Phi) is 2.92. The maximum absolute atomic E-state index is 12.2. The Hall–Kier alpha value is -1.04. The molecule has 4 heteroatoms. The van der Waals surface area contributed by atoms with Crippen LogP contribution in [0.5, 0.6) is 0 Å². The first-order valence-corrected chi connectivity index (χ1v) is 5.76. The van der Waals surface area contributed by atoms with E-state index in [1.54, 1.807) is 12.1 Å². The number of nitrogens with zero attached hydrogens (tertiary/aromatic N) is 1. The molecule has 0 spiro atoms. The number of ketones is 1. The van der Waals surface area contributed by atoms with Crippen LogP contribution in [0.3, 0.4) is 0 Å². The van der Waals surface area contributed by atoms with Crippen LogP contribution in [0.25, 0.3) is 0 Å². The molecule has 16 heavy (non-hydrogen) atoms. The van der Waals surface area contributed by atoms with E-state index in [0.29, 0.717) is 28.5 Å². The molecule has 0 unspecified atom stereocenters. The summed E-state index contributed by atoms with van der Waals surface area (Å²) in [6.07, 6.45) is 2.17. The fourth-order valence-corrected chi connectivity index (χ4v) is 2.35. The summed E-state index contributed by atoms with van der Waals surface area (Å²) in [5.41, 5.74) is -0.454. The second kappa shape index (κ2) is 4.08. The average Bonchev–Trinajstić information content (AvgIpc) is 2.16. The molecule has 0 bridgehead atoms. The third-order valence-electron chi connectivity index (χ3n) is 3.03. The number of Topliss-reactive ketones (excluding diaryl/α,β-unsaturated/α-hetero) is 1. The molecular formula is C12H9Cl2NO. The lowest BCUT2D eigenvalue weighted by Crippen LogP contribution is -2.36. The predicted molar refractivity (Wildman–Crippen MR) is 62.7 cm³/mol. The normalized spacial score (nSPS) is 17.3. The van der Waals surface area contributed by atoms with Crippen molar-refractivity contribution in [2.45, 2.75) is 19.3 Å². The summed E-state index contributed by atoms with van der Waals surface area (Å²) in [6, 6.07) is 6.84. The van der Waals surface area contributed by atoms with E-state index in [1.165, 1.54) is 6.07 Å². The van der Waals surface area contributed by atoms with Gasteiger partial charge in [0.15, 0.2) is 5.78 Å². The smallest absolute Gasteiger partial charge is 0.184 e. The Bertz CT molecular complexity index is 486. The largest absolute Gasteiger partial charge is 0.292 e. The molecule has 1 aromatic carbocycles. The number of rotatable bonds is 2. The standard InChI is InChI=1S/C12H9Cl2NO/c13-8-2-3-9(10(14)6-8)11(16)12(7-15)4-1-5-12/h2-3,6H,1,4-5H2. The van der Waals surface area contributed by atoms with E-state index in [0.717, 1.165) is 6.42 Å². The molecule has 1 fully saturated rings. The maximum Gasteiger partial charge on any atom is 0.184 e. The van der Waals surface area contributed by atoms with E-state index in [2.05, 4.69) is 6.07 Å². The molecule has 2 nitrogen and oxygen atoms in total. The van der Waals surface area contributed by atoms with E-state index in [-0.39, 0.29) is 5.78 Å². The predicted octanol–water partition coefficient (Wildman–Crippen LogP) is 3.87. The van der Waals surface area contributed by atoms with E-state index >= 15 is 0 Å². The molecule has 0 amide bonds. The molecule has 82 valence electrons. The first kappa shape index (κ1) is 11.4. The Morgan fingerprint density at radius 1 is 1.38 bits per heavy atom. The summed E-state index contributed by atoms with van der Waals surface area (Å²) in [6.45, 7) is 0. The molecule has 0 saturated heterocycles. The Balaban J connectivity index is 2.38. The highest BCUT2D eigenvalue weighted by molar-refractivity contribution is 6.37. The van der Waals surface area contributed by atoms with Crippen LogP contribution in [0.4, 0.5) is 0 Å². The molecule has 0 aromatic heterocycles. The van der Waals surface area contributed by atoms with Gasteiger partial charge in [-0.05, 0) is 37.5 Å². The van der Waals surface area contributed by atoms with Gasteiger partial charge in [0, 0.05) is 10.6 Å². The fourth-order valence-electron chi connectivity index (χ4n) is 1.85. The lowest BCUT2D eigenvalue weighted by molar-refractivity contribution is 0.0748. The Morgan fingerprint density at radius 2 is 2.06 bits per heavy atom. The Labute approximate surface area is 104 Å². The summed E-state index contributed by atoms with van der Waals surface area (Å²) < 4.78 is 0. The highest BCUT2D eigenvalue weighted by atomic mass is 35.5. The summed E-state index contributed by atoms with van der Waals surface area (Å²) in [5, 5.41) is 9.88. The lowest BCUT2D eigenvalue weighted by atomic mass is 9.65. The van der Waals surface area contributed by atoms with Crippen molar-refractivity contribution in [2.75, 3.05) is 0 Å². The highest BCUT2D eigenvalue weighted by Crippen LogP contribution is 2.44. The van der Waals surface area contributed by atoms with Gasteiger partial charge in [-0.25, -0.2) is 0 Å². The van der Waals surface area contributed by atoms with Crippen molar-refractivity contribution in [3.63, 3.8) is 0 Å². The van der Waals surface area contributed by atoms with Gasteiger partial charge < -0.3 is 0 Å². The van der Waals surface area contributed by atoms with E-state index in [4.69, 9.17) is 28.5 Å². The van der Waals surface area contributed by atoms with Crippen LogP contribution in [0.2, 0.25) is 10.0 Å². The first-order valence-electron chi connectivity index (χ1n) is 5.00. The first-order chi connectivity index (χ1) is 7.59. The average molecular weight is 254 g/mol. The SMILES string of the molecule is N#CC1(C(=O)c2ccc(Cl)cc2Cl)CCC1. The quantitative estimate of drug-likeness (QED) is 0.751. The molecule has 0 aliphatic heterocycles. The highest BCUT2D eigenvalue weighted by Gasteiger charge is 2.45. The van der Waals surface area contributed by atoms with Gasteiger partial charge in [-0.15, -0.1) is 0 Å². The minimum absolute atomic E-state index is 0.178. The zero-order chi connectivity index (χ0) is 11.8. The summed E-state index contributed by atoms with van der Waals surface area (Å²) in [4.78, 5) is 12.2. The number of carbonyl (C=O) groups is 1. The topological polar surface area (TPSA) is 40.9 Å². The molecule has 2 rings (SSSR count). The zero-order valence-corrected chi connectivity index (χ0v) is 9.98. The summed E-state index contributed by atoms with van der Waals surface area (Å²) in [7, 11) is 0. The number of carbonyl (C=O) groups excluding carboxylic acids is 1. The molecular weight excluding hydrogens is 245 g/mol. The van der Waals surface area contributed by atoms with Crippen molar-refractivity contribution in [1.29, 1.82) is 5.26 Å². The molecule has 0 heterocycles. The summed E-state index contributed by atoms with van der Waals surface area (Å²) in [5.74, 6) is -0.178. The van der Waals surface area contributed by atoms with Crippen LogP contribution in [0, 0.1) is 16.7 Å². The Morgan fingerprint density at radius 3 is 2.50 bits per heavy atom. The van der Waals surface area contributed by atoms with Crippen molar-refractivity contribution in [1.82, 2.24) is 0 Å². The third-order valence-corrected chi connectivity index (χ3v) is 3.58. The molecule has 1 aromatic rings. The molecule has 0 radical (unpaired) electrons. The van der Waals surface area contributed by atoms with E-state index in [9.17, 15) is 4.79 Å². The molecule has 1 aliphatic rings. The zero-order valence-electron chi connectivity index (χ0n) is 8.46. The van der Waals surface area contributed by atoms with Gasteiger partial charge >= 0.3 is 0 Å². The van der Waals surface area contributed by atoms with Crippen molar-refractivity contribution in [2.24, 2.45) is 5.41 Å². The van der Waals surface area contributed by atoms with Crippen LogP contribution in [0.1, 0.15) is 29.6 Å². The van der Waals surface area contributed by atoms with E-state index in [1.807, 2.05) is 0 Å². The van der Waals surface area contributed by atoms with Crippen molar-refractivity contribution in [3.05, 3.63) is 33.8 Å². The van der Waals surface area contributed by atoms with Gasteiger partial charge in [-0.3, -0.25) is 4.79 Å². The van der Waals surface area contributed by atoms with Gasteiger partial charge in [0.2, 0.25) is 0 Å². The van der Waals surface area contributed by atoms with Crippen molar-refractivity contribution in [3.8, 4) is 6.07 Å². The molecule has 0 N–H and O–H groups in total. The van der Waals surface area contributed by atoms with Gasteiger partial charge in [-0.1, -0.05) is 23.2 Å². The lowest BCUT2D eigenvalue weighted by Gasteiger charge is -2.33. The van der Waals surface area contributed by atoms with Gasteiger partial charge in [-0.2, -0.15) is 5.26 Å². The van der Waals surface area contributed by atoms with Crippen LogP contribution in [0.15, 0.2) is 18.2 Å². The minimum atomic E-state index is -0.850. The monoisotopic (exact) mass is 253 g/mol. The van der Waals surface area contributed by atoms with Crippen LogP contribution < -0.4 is 0 Å². The molecule has 1 saturated carbocycles. The second-order valence-electron chi connectivity index (χ2n) is 4.00. The van der Waals surface area contributed by atoms with Crippen molar-refractivity contribution >= 4 is 29.0 Å². The maximum atomic E-state index is 12.2. The van der Waals surface area contributed by atoms with Crippen molar-refractivity contribution < 1.29 is 4.79 Å². The number of nitriles is 1. The third kappa shape index (κ3) is 1.71. The number of hydrogen-bond donors (Lipinski definition) is 0.